The Morgan fingerprint density at radius 2 is 1.38 bits per heavy atom. The second kappa shape index (κ2) is 6.44. The van der Waals surface area contributed by atoms with Crippen LogP contribution in [-0.2, 0) is 0 Å². The summed E-state index contributed by atoms with van der Waals surface area (Å²) in [7, 11) is 0. The molecule has 0 unspecified atom stereocenters. The van der Waals surface area contributed by atoms with Crippen molar-refractivity contribution >= 4 is 5.82 Å². The van der Waals surface area contributed by atoms with E-state index in [-0.39, 0.29) is 5.69 Å². The fourth-order valence-corrected chi connectivity index (χ4v) is 2.48. The van der Waals surface area contributed by atoms with Gasteiger partial charge in [-0.15, -0.1) is 0 Å². The molecule has 0 aliphatic rings. The van der Waals surface area contributed by atoms with E-state index >= 15 is 0 Å². The molecule has 0 atom stereocenters. The van der Waals surface area contributed by atoms with Crippen molar-refractivity contribution in [1.82, 2.24) is 4.98 Å². The minimum absolute atomic E-state index is 0.112. The first-order valence-electron chi connectivity index (χ1n) is 7.14. The van der Waals surface area contributed by atoms with Crippen molar-refractivity contribution in [2.24, 2.45) is 0 Å². The average molecular weight is 361 g/mol. The van der Waals surface area contributed by atoms with Gasteiger partial charge in [-0.2, -0.15) is 5.26 Å². The molecule has 3 nitrogen and oxygen atoms in total. The molecule has 3 aromatic rings. The first-order valence-corrected chi connectivity index (χ1v) is 7.14. The number of anilines is 1. The van der Waals surface area contributed by atoms with Gasteiger partial charge in [-0.1, -0.05) is 30.3 Å². The molecule has 0 fully saturated rings. The third kappa shape index (κ3) is 2.63. The topological polar surface area (TPSA) is 62.7 Å². The van der Waals surface area contributed by atoms with E-state index in [1.165, 1.54) is 0 Å². The lowest BCUT2D eigenvalue weighted by Crippen LogP contribution is -2.07. The minimum Gasteiger partial charge on any atom is -0.383 e. The number of benzene rings is 2. The van der Waals surface area contributed by atoms with Crippen molar-refractivity contribution in [1.29, 1.82) is 5.26 Å². The summed E-state index contributed by atoms with van der Waals surface area (Å²) in [4.78, 5) is 3.97. The maximum Gasteiger partial charge on any atom is 0.200 e. The molecule has 130 valence electrons. The van der Waals surface area contributed by atoms with Crippen molar-refractivity contribution in [3.8, 4) is 28.5 Å². The number of nitrogens with zero attached hydrogens (tertiary/aromatic N) is 2. The highest BCUT2D eigenvalue weighted by atomic mass is 19.2. The summed E-state index contributed by atoms with van der Waals surface area (Å²) in [5.41, 5.74) is 4.01. The molecule has 0 aliphatic carbocycles. The highest BCUT2D eigenvalue weighted by Gasteiger charge is 2.29. The van der Waals surface area contributed by atoms with Gasteiger partial charge in [-0.25, -0.2) is 26.9 Å². The summed E-state index contributed by atoms with van der Waals surface area (Å²) in [5.74, 6) is -11.0. The monoisotopic (exact) mass is 361 g/mol. The van der Waals surface area contributed by atoms with Crippen LogP contribution in [0.4, 0.5) is 27.8 Å². The van der Waals surface area contributed by atoms with E-state index in [1.54, 1.807) is 36.4 Å². The number of halogens is 5. The van der Waals surface area contributed by atoms with E-state index in [1.807, 2.05) is 0 Å². The van der Waals surface area contributed by atoms with Crippen molar-refractivity contribution in [3.63, 3.8) is 0 Å². The summed E-state index contributed by atoms with van der Waals surface area (Å²) in [6, 6.07) is 10.9. The third-order valence-electron chi connectivity index (χ3n) is 3.71. The maximum absolute atomic E-state index is 14.2. The van der Waals surface area contributed by atoms with Crippen LogP contribution < -0.4 is 5.73 Å². The summed E-state index contributed by atoms with van der Waals surface area (Å²) in [6.07, 6.45) is 0. The number of hydrogen-bond donors (Lipinski definition) is 1. The Morgan fingerprint density at radius 3 is 1.92 bits per heavy atom. The zero-order valence-electron chi connectivity index (χ0n) is 12.8. The van der Waals surface area contributed by atoms with Gasteiger partial charge in [0.2, 0.25) is 5.82 Å². The Morgan fingerprint density at radius 1 is 0.846 bits per heavy atom. The Balaban J connectivity index is 2.40. The normalized spacial score (nSPS) is 10.6. The van der Waals surface area contributed by atoms with Gasteiger partial charge in [0, 0.05) is 11.1 Å². The molecule has 3 rings (SSSR count). The molecule has 1 aromatic heterocycles. The van der Waals surface area contributed by atoms with Crippen LogP contribution in [0.1, 0.15) is 5.56 Å². The Labute approximate surface area is 144 Å². The van der Waals surface area contributed by atoms with Crippen LogP contribution in [0.25, 0.3) is 22.4 Å². The standard InChI is InChI=1S/C18H8F5N3/c19-13-12(14(20)16(22)17(23)15(13)21)9-6-11(8-4-2-1-3-5-8)26-18(25)10(9)7-24/h1-6H,(H2,25,26). The summed E-state index contributed by atoms with van der Waals surface area (Å²) in [6.45, 7) is 0. The smallest absolute Gasteiger partial charge is 0.200 e. The second-order valence-corrected chi connectivity index (χ2v) is 5.24. The summed E-state index contributed by atoms with van der Waals surface area (Å²) in [5, 5.41) is 9.22. The lowest BCUT2D eigenvalue weighted by Gasteiger charge is -2.13. The molecule has 8 heteroatoms. The third-order valence-corrected chi connectivity index (χ3v) is 3.71. The second-order valence-electron chi connectivity index (χ2n) is 5.24. The number of nitrogen functional groups attached to an aromatic ring is 1. The lowest BCUT2D eigenvalue weighted by atomic mass is 9.97. The van der Waals surface area contributed by atoms with E-state index in [2.05, 4.69) is 4.98 Å². The number of hydrogen-bond acceptors (Lipinski definition) is 3. The van der Waals surface area contributed by atoms with E-state index in [4.69, 9.17) is 5.73 Å². The molecule has 0 spiro atoms. The number of nitrogens with two attached hydrogens (primary N) is 1. The van der Waals surface area contributed by atoms with E-state index < -0.39 is 51.6 Å². The van der Waals surface area contributed by atoms with Gasteiger partial charge < -0.3 is 5.73 Å². The molecule has 0 saturated carbocycles. The molecule has 0 bridgehead atoms. The fourth-order valence-electron chi connectivity index (χ4n) is 2.48. The van der Waals surface area contributed by atoms with Crippen LogP contribution >= 0.6 is 0 Å². The van der Waals surface area contributed by atoms with Crippen molar-refractivity contribution in [3.05, 3.63) is 71.0 Å². The first-order chi connectivity index (χ1) is 12.4. The van der Waals surface area contributed by atoms with E-state index in [9.17, 15) is 27.2 Å². The predicted molar refractivity (Wildman–Crippen MR) is 84.0 cm³/mol. The summed E-state index contributed by atoms with van der Waals surface area (Å²) >= 11 is 0. The number of nitriles is 1. The van der Waals surface area contributed by atoms with Crippen LogP contribution in [0.2, 0.25) is 0 Å². The molecular formula is C18H8F5N3. The largest absolute Gasteiger partial charge is 0.383 e. The molecule has 1 heterocycles. The van der Waals surface area contributed by atoms with Crippen LogP contribution in [0.15, 0.2) is 36.4 Å². The molecular weight excluding hydrogens is 353 g/mol. The molecule has 2 N–H and O–H groups in total. The SMILES string of the molecule is N#Cc1c(-c2c(F)c(F)c(F)c(F)c2F)cc(-c2ccccc2)nc1N. The maximum atomic E-state index is 14.2. The highest BCUT2D eigenvalue weighted by Crippen LogP contribution is 2.36. The number of rotatable bonds is 2. The Bertz CT molecular complexity index is 1030. The van der Waals surface area contributed by atoms with Gasteiger partial charge in [-0.3, -0.25) is 0 Å². The highest BCUT2D eigenvalue weighted by molar-refractivity contribution is 5.80. The lowest BCUT2D eigenvalue weighted by molar-refractivity contribution is 0.381. The van der Waals surface area contributed by atoms with Crippen LogP contribution in [-0.4, -0.2) is 4.98 Å². The number of pyridine rings is 1. The van der Waals surface area contributed by atoms with Crippen LogP contribution in [0.5, 0.6) is 0 Å². The van der Waals surface area contributed by atoms with Gasteiger partial charge in [0.15, 0.2) is 23.3 Å². The average Bonchev–Trinajstić information content (AvgIpc) is 2.65. The Hall–Kier alpha value is -3.47. The van der Waals surface area contributed by atoms with Crippen LogP contribution in [0.3, 0.4) is 0 Å². The van der Waals surface area contributed by atoms with Crippen molar-refractivity contribution < 1.29 is 22.0 Å². The van der Waals surface area contributed by atoms with Crippen molar-refractivity contribution in [2.75, 3.05) is 5.73 Å². The zero-order chi connectivity index (χ0) is 19.0. The first kappa shape index (κ1) is 17.4. The number of aromatic nitrogens is 1. The van der Waals surface area contributed by atoms with Gasteiger partial charge in [0.05, 0.1) is 11.3 Å². The quantitative estimate of drug-likeness (QED) is 0.413. The van der Waals surface area contributed by atoms with Crippen molar-refractivity contribution in [2.45, 2.75) is 0 Å². The molecule has 0 saturated heterocycles. The van der Waals surface area contributed by atoms with E-state index in [0.717, 1.165) is 6.07 Å². The Kier molecular flexibility index (Phi) is 4.30. The van der Waals surface area contributed by atoms with Gasteiger partial charge in [0.25, 0.3) is 0 Å². The molecule has 0 amide bonds. The minimum atomic E-state index is -2.28. The van der Waals surface area contributed by atoms with E-state index in [0.29, 0.717) is 5.56 Å². The zero-order valence-corrected chi connectivity index (χ0v) is 12.8. The predicted octanol–water partition coefficient (Wildman–Crippen LogP) is 4.56. The van der Waals surface area contributed by atoms with Gasteiger partial charge >= 0.3 is 0 Å². The summed E-state index contributed by atoms with van der Waals surface area (Å²) < 4.78 is 68.8. The van der Waals surface area contributed by atoms with Gasteiger partial charge in [-0.05, 0) is 6.07 Å². The molecule has 0 aliphatic heterocycles. The molecule has 0 radical (unpaired) electrons. The fraction of sp³-hybridized carbons (Fsp3) is 0. The molecule has 26 heavy (non-hydrogen) atoms. The van der Waals surface area contributed by atoms with Crippen LogP contribution in [0, 0.1) is 40.4 Å². The molecule has 2 aromatic carbocycles. The van der Waals surface area contributed by atoms with Gasteiger partial charge in [0.1, 0.15) is 17.5 Å².